The number of primary amides is 1. The first-order valence-electron chi connectivity index (χ1n) is 8.03. The van der Waals surface area contributed by atoms with E-state index in [0.717, 1.165) is 37.3 Å². The Morgan fingerprint density at radius 1 is 1.20 bits per heavy atom. The van der Waals surface area contributed by atoms with Crippen LogP contribution in [0.25, 0.3) is 11.0 Å². The van der Waals surface area contributed by atoms with Crippen molar-refractivity contribution in [2.24, 2.45) is 5.73 Å². The van der Waals surface area contributed by atoms with Crippen molar-refractivity contribution in [1.82, 2.24) is 25.3 Å². The summed E-state index contributed by atoms with van der Waals surface area (Å²) in [5.41, 5.74) is 7.21. The van der Waals surface area contributed by atoms with E-state index in [-0.39, 0.29) is 0 Å². The molecule has 0 aliphatic carbocycles. The highest BCUT2D eigenvalue weighted by Gasteiger charge is 2.11. The second kappa shape index (κ2) is 6.36. The second-order valence-electron chi connectivity index (χ2n) is 5.81. The smallest absolute Gasteiger partial charge is 0.265 e. The molecule has 1 aliphatic rings. The largest absolute Gasteiger partial charge is 0.368 e. The van der Waals surface area contributed by atoms with E-state index in [1.807, 2.05) is 18.3 Å². The highest BCUT2D eigenvalue weighted by molar-refractivity contribution is 5.96. The third-order valence-electron chi connectivity index (χ3n) is 4.11. The molecule has 9 nitrogen and oxygen atoms in total. The van der Waals surface area contributed by atoms with Crippen LogP contribution in [0.15, 0.2) is 30.6 Å². The van der Waals surface area contributed by atoms with Gasteiger partial charge in [-0.2, -0.15) is 4.98 Å². The fourth-order valence-electron chi connectivity index (χ4n) is 2.79. The molecule has 0 spiro atoms. The van der Waals surface area contributed by atoms with Crippen LogP contribution in [0.3, 0.4) is 0 Å². The van der Waals surface area contributed by atoms with Gasteiger partial charge in [0.05, 0.1) is 11.9 Å². The average molecular weight is 338 g/mol. The molecule has 3 aromatic rings. The maximum Gasteiger partial charge on any atom is 0.265 e. The van der Waals surface area contributed by atoms with E-state index in [4.69, 9.17) is 5.73 Å². The Labute approximate surface area is 143 Å². The molecule has 5 N–H and O–H groups in total. The summed E-state index contributed by atoms with van der Waals surface area (Å²) in [7, 11) is 0. The molecule has 1 amide bonds. The number of nitrogens with two attached hydrogens (primary N) is 1. The van der Waals surface area contributed by atoms with Crippen LogP contribution in [0.1, 0.15) is 10.5 Å². The van der Waals surface area contributed by atoms with E-state index in [9.17, 15) is 4.79 Å². The summed E-state index contributed by atoms with van der Waals surface area (Å²) in [5.74, 6) is 0.519. The summed E-state index contributed by atoms with van der Waals surface area (Å²) < 4.78 is 0. The van der Waals surface area contributed by atoms with Crippen molar-refractivity contribution in [2.45, 2.75) is 0 Å². The molecule has 0 saturated carbocycles. The molecule has 0 radical (unpaired) electrons. The number of aromatic amines is 1. The zero-order valence-electron chi connectivity index (χ0n) is 13.5. The van der Waals surface area contributed by atoms with Gasteiger partial charge in [0.1, 0.15) is 17.2 Å². The van der Waals surface area contributed by atoms with E-state index in [0.29, 0.717) is 23.1 Å². The molecule has 0 unspecified atom stereocenters. The van der Waals surface area contributed by atoms with Crippen molar-refractivity contribution >= 4 is 34.4 Å². The molecule has 0 aromatic carbocycles. The van der Waals surface area contributed by atoms with Crippen LogP contribution in [-0.2, 0) is 0 Å². The zero-order chi connectivity index (χ0) is 17.2. The highest BCUT2D eigenvalue weighted by Crippen LogP contribution is 2.19. The van der Waals surface area contributed by atoms with Crippen LogP contribution in [0.2, 0.25) is 0 Å². The number of H-pyrrole nitrogens is 1. The lowest BCUT2D eigenvalue weighted by atomic mass is 10.3. The lowest BCUT2D eigenvalue weighted by Crippen LogP contribution is -2.43. The van der Waals surface area contributed by atoms with Gasteiger partial charge in [-0.1, -0.05) is 0 Å². The Bertz CT molecular complexity index is 898. The number of hydrogen-bond acceptors (Lipinski definition) is 7. The lowest BCUT2D eigenvalue weighted by Gasteiger charge is -2.29. The van der Waals surface area contributed by atoms with Gasteiger partial charge >= 0.3 is 0 Å². The number of amides is 1. The monoisotopic (exact) mass is 338 g/mol. The van der Waals surface area contributed by atoms with Gasteiger partial charge in [0.2, 0.25) is 5.95 Å². The summed E-state index contributed by atoms with van der Waals surface area (Å²) in [5, 5.41) is 7.12. The predicted molar refractivity (Wildman–Crippen MR) is 95.0 cm³/mol. The molecule has 0 atom stereocenters. The van der Waals surface area contributed by atoms with Gasteiger partial charge in [-0.05, 0) is 18.2 Å². The van der Waals surface area contributed by atoms with Crippen molar-refractivity contribution in [3.63, 3.8) is 0 Å². The van der Waals surface area contributed by atoms with E-state index in [1.165, 1.54) is 0 Å². The van der Waals surface area contributed by atoms with Crippen LogP contribution < -0.4 is 21.3 Å². The maximum absolute atomic E-state index is 11.2. The third-order valence-corrected chi connectivity index (χ3v) is 4.11. The first-order valence-corrected chi connectivity index (χ1v) is 8.03. The number of aromatic nitrogens is 4. The van der Waals surface area contributed by atoms with Gasteiger partial charge in [0.15, 0.2) is 0 Å². The van der Waals surface area contributed by atoms with Gasteiger partial charge in [-0.3, -0.25) is 4.79 Å². The Kier molecular flexibility index (Phi) is 3.90. The fraction of sp³-hybridized carbons (Fsp3) is 0.250. The number of anilines is 3. The first kappa shape index (κ1) is 15.3. The lowest BCUT2D eigenvalue weighted by molar-refractivity contribution is 0.0996. The SMILES string of the molecule is NC(=O)c1cc2cnc(Nc3ccc(N4CCNCC4)cn3)nc2[nH]1. The van der Waals surface area contributed by atoms with Crippen molar-refractivity contribution < 1.29 is 4.79 Å². The van der Waals surface area contributed by atoms with Crippen molar-refractivity contribution in [2.75, 3.05) is 36.4 Å². The molecule has 0 bridgehead atoms. The summed E-state index contributed by atoms with van der Waals surface area (Å²) in [6, 6.07) is 5.55. The van der Waals surface area contributed by atoms with E-state index in [1.54, 1.807) is 12.3 Å². The number of hydrogen-bond donors (Lipinski definition) is 4. The molecular formula is C16H18N8O. The molecular weight excluding hydrogens is 320 g/mol. The number of piperazine rings is 1. The average Bonchev–Trinajstić information content (AvgIpc) is 3.07. The van der Waals surface area contributed by atoms with Gasteiger partial charge in [-0.25, -0.2) is 9.97 Å². The van der Waals surface area contributed by atoms with Gasteiger partial charge in [0, 0.05) is 37.8 Å². The van der Waals surface area contributed by atoms with Crippen LogP contribution in [-0.4, -0.2) is 52.0 Å². The van der Waals surface area contributed by atoms with Crippen LogP contribution in [0, 0.1) is 0 Å². The minimum Gasteiger partial charge on any atom is -0.368 e. The molecule has 9 heteroatoms. The van der Waals surface area contributed by atoms with E-state index < -0.39 is 5.91 Å². The summed E-state index contributed by atoms with van der Waals surface area (Å²) in [6.07, 6.45) is 3.47. The summed E-state index contributed by atoms with van der Waals surface area (Å²) >= 11 is 0. The number of nitrogens with zero attached hydrogens (tertiary/aromatic N) is 4. The number of pyridine rings is 1. The zero-order valence-corrected chi connectivity index (χ0v) is 13.5. The quantitative estimate of drug-likeness (QED) is 0.549. The molecule has 128 valence electrons. The Balaban J connectivity index is 1.51. The van der Waals surface area contributed by atoms with E-state index in [2.05, 4.69) is 35.5 Å². The number of carbonyl (C=O) groups excluding carboxylic acids is 1. The molecule has 4 heterocycles. The fourth-order valence-corrected chi connectivity index (χ4v) is 2.79. The van der Waals surface area contributed by atoms with Crippen LogP contribution >= 0.6 is 0 Å². The molecule has 1 aliphatic heterocycles. The van der Waals surface area contributed by atoms with Gasteiger partial charge in [0.25, 0.3) is 5.91 Å². The Morgan fingerprint density at radius 3 is 2.76 bits per heavy atom. The molecule has 4 rings (SSSR count). The first-order chi connectivity index (χ1) is 12.2. The molecule has 3 aromatic heterocycles. The Morgan fingerprint density at radius 2 is 2.04 bits per heavy atom. The second-order valence-corrected chi connectivity index (χ2v) is 5.81. The topological polar surface area (TPSA) is 125 Å². The van der Waals surface area contributed by atoms with Crippen molar-refractivity contribution in [3.8, 4) is 0 Å². The van der Waals surface area contributed by atoms with Crippen LogP contribution in [0.4, 0.5) is 17.5 Å². The maximum atomic E-state index is 11.2. The van der Waals surface area contributed by atoms with Gasteiger partial charge in [-0.15, -0.1) is 0 Å². The number of rotatable bonds is 4. The summed E-state index contributed by atoms with van der Waals surface area (Å²) in [6.45, 7) is 3.92. The standard InChI is InChI=1S/C16H18N8O/c17-14(25)12-7-10-8-20-16(23-15(10)21-12)22-13-2-1-11(9-19-13)24-5-3-18-4-6-24/h1-2,7-9,18H,3-6H2,(H2,17,25)(H2,19,20,21,22,23). The normalized spacial score (nSPS) is 14.6. The Hall–Kier alpha value is -3.20. The van der Waals surface area contributed by atoms with E-state index >= 15 is 0 Å². The van der Waals surface area contributed by atoms with Crippen molar-refractivity contribution in [3.05, 3.63) is 36.3 Å². The number of carbonyl (C=O) groups is 1. The minimum absolute atomic E-state index is 0.306. The molecule has 25 heavy (non-hydrogen) atoms. The third kappa shape index (κ3) is 3.22. The predicted octanol–water partition coefficient (Wildman–Crippen LogP) is 0.605. The van der Waals surface area contributed by atoms with Crippen molar-refractivity contribution in [1.29, 1.82) is 0 Å². The number of fused-ring (bicyclic) bond motifs is 1. The van der Waals surface area contributed by atoms with Crippen LogP contribution in [0.5, 0.6) is 0 Å². The van der Waals surface area contributed by atoms with Gasteiger partial charge < -0.3 is 26.3 Å². The molecule has 1 saturated heterocycles. The highest BCUT2D eigenvalue weighted by atomic mass is 16.1. The number of nitrogens with one attached hydrogen (secondary N) is 3. The molecule has 1 fully saturated rings. The minimum atomic E-state index is -0.530. The summed E-state index contributed by atoms with van der Waals surface area (Å²) in [4.78, 5) is 29.4.